The molecule has 200 valence electrons. The Morgan fingerprint density at radius 3 is 2.45 bits per heavy atom. The number of aliphatic hydroxyl groups excluding tert-OH is 3. The van der Waals surface area contributed by atoms with Crippen LogP contribution in [0.25, 0.3) is 22.3 Å². The van der Waals surface area contributed by atoms with Gasteiger partial charge in [-0.3, -0.25) is 19.3 Å². The first-order valence-electron chi connectivity index (χ1n) is 10.7. The number of ether oxygens (including phenoxy) is 1. The summed E-state index contributed by atoms with van der Waals surface area (Å²) in [7, 11) is 0. The van der Waals surface area contributed by atoms with Gasteiger partial charge in [-0.2, -0.15) is 4.98 Å². The molecule has 0 aromatic carbocycles. The third-order valence-electron chi connectivity index (χ3n) is 5.19. The number of nitrogen functional groups attached to an aromatic ring is 3. The lowest BCUT2D eigenvalue weighted by Crippen LogP contribution is -2.33. The smallest absolute Gasteiger partial charge is 0.346 e. The van der Waals surface area contributed by atoms with Gasteiger partial charge < -0.3 is 42.2 Å². The summed E-state index contributed by atoms with van der Waals surface area (Å²) in [6, 6.07) is 1.52. The number of anilines is 3. The van der Waals surface area contributed by atoms with Crippen molar-refractivity contribution in [3.8, 4) is 0 Å². The van der Waals surface area contributed by atoms with Crippen LogP contribution in [0.2, 0.25) is 0 Å². The molecule has 1 fully saturated rings. The van der Waals surface area contributed by atoms with E-state index in [4.69, 9.17) is 27.0 Å². The van der Waals surface area contributed by atoms with Crippen molar-refractivity contribution in [2.24, 2.45) is 0 Å². The minimum atomic E-state index is -1.29. The molecule has 19 nitrogen and oxygen atoms in total. The van der Waals surface area contributed by atoms with Gasteiger partial charge >= 0.3 is 5.69 Å². The van der Waals surface area contributed by atoms with Crippen LogP contribution in [-0.4, -0.2) is 89.7 Å². The Hall–Kier alpha value is -4.98. The average molecular weight is 529 g/mol. The Labute approximate surface area is 210 Å². The number of nitrogens with one attached hydrogen (secondary N) is 3. The number of H-pyrrole nitrogens is 3. The second-order valence-electron chi connectivity index (χ2n) is 7.69. The number of nitrogens with two attached hydrogens (primary N) is 3. The van der Waals surface area contributed by atoms with Crippen LogP contribution in [0, 0.1) is 0 Å². The molecule has 0 saturated carbocycles. The van der Waals surface area contributed by atoms with Crippen LogP contribution >= 0.6 is 0 Å². The lowest BCUT2D eigenvalue weighted by molar-refractivity contribution is -0.0511. The molecule has 0 spiro atoms. The topological polar surface area (TPSA) is 312 Å². The Kier molecular flexibility index (Phi) is 7.53. The van der Waals surface area contributed by atoms with E-state index in [0.717, 1.165) is 0 Å². The largest absolute Gasteiger partial charge is 0.394 e. The molecule has 5 aromatic heterocycles. The maximum Gasteiger partial charge on any atom is 0.346 e. The molecule has 38 heavy (non-hydrogen) atoms. The second-order valence-corrected chi connectivity index (χ2v) is 7.69. The fourth-order valence-electron chi connectivity index (χ4n) is 3.41. The van der Waals surface area contributed by atoms with Crippen LogP contribution in [0.5, 0.6) is 0 Å². The Morgan fingerprint density at radius 2 is 1.82 bits per heavy atom. The van der Waals surface area contributed by atoms with Gasteiger partial charge in [0.05, 0.1) is 19.3 Å². The van der Waals surface area contributed by atoms with E-state index in [1.54, 1.807) is 0 Å². The molecule has 0 radical (unpaired) electrons. The monoisotopic (exact) mass is 529 g/mol. The number of hydrogen-bond acceptors (Lipinski definition) is 15. The Balaban J connectivity index is 0.000000154. The molecular formula is C19H23N13O6. The molecule has 6 rings (SSSR count). The summed E-state index contributed by atoms with van der Waals surface area (Å²) >= 11 is 0. The van der Waals surface area contributed by atoms with Crippen LogP contribution in [0.1, 0.15) is 6.23 Å². The number of nitrogens with zero attached hydrogens (tertiary/aromatic N) is 7. The van der Waals surface area contributed by atoms with Crippen molar-refractivity contribution >= 4 is 39.9 Å². The summed E-state index contributed by atoms with van der Waals surface area (Å²) in [5.41, 5.74) is 16.6. The third-order valence-corrected chi connectivity index (χ3v) is 5.19. The second kappa shape index (κ2) is 11.0. The first-order chi connectivity index (χ1) is 18.2. The van der Waals surface area contributed by atoms with Crippen molar-refractivity contribution in [3.05, 3.63) is 52.1 Å². The normalized spacial score (nSPS) is 20.5. The van der Waals surface area contributed by atoms with E-state index >= 15 is 0 Å². The first-order valence-corrected chi connectivity index (χ1v) is 10.7. The van der Waals surface area contributed by atoms with Gasteiger partial charge in [-0.15, -0.1) is 0 Å². The summed E-state index contributed by atoms with van der Waals surface area (Å²) in [5.74, 6) is 0.670. The van der Waals surface area contributed by atoms with E-state index in [1.807, 2.05) is 0 Å². The maximum absolute atomic E-state index is 11.7. The van der Waals surface area contributed by atoms with Gasteiger partial charge in [-0.25, -0.2) is 29.7 Å². The van der Waals surface area contributed by atoms with Gasteiger partial charge in [0, 0.05) is 6.20 Å². The molecule has 1 aliphatic heterocycles. The van der Waals surface area contributed by atoms with Gasteiger partial charge in [0.25, 0.3) is 5.56 Å². The molecule has 0 bridgehead atoms. The van der Waals surface area contributed by atoms with E-state index in [0.29, 0.717) is 22.8 Å². The molecule has 1 aliphatic rings. The molecule has 0 unspecified atom stereocenters. The molecular weight excluding hydrogens is 506 g/mol. The quantitative estimate of drug-likeness (QED) is 0.108. The zero-order valence-electron chi connectivity index (χ0n) is 19.3. The molecule has 6 heterocycles. The number of aromatic nitrogens is 10. The highest BCUT2D eigenvalue weighted by molar-refractivity contribution is 5.80. The lowest BCUT2D eigenvalue weighted by Gasteiger charge is -2.16. The van der Waals surface area contributed by atoms with Crippen LogP contribution in [-0.2, 0) is 4.74 Å². The van der Waals surface area contributed by atoms with E-state index in [9.17, 15) is 19.8 Å². The number of rotatable bonds is 2. The average Bonchev–Trinajstić information content (AvgIpc) is 3.59. The number of aromatic amines is 3. The predicted molar refractivity (Wildman–Crippen MR) is 131 cm³/mol. The number of fused-ring (bicyclic) bond motifs is 2. The van der Waals surface area contributed by atoms with Crippen molar-refractivity contribution in [2.45, 2.75) is 24.5 Å². The highest BCUT2D eigenvalue weighted by Crippen LogP contribution is 2.30. The minimum absolute atomic E-state index is 0.0388. The van der Waals surface area contributed by atoms with Gasteiger partial charge in [0.15, 0.2) is 28.9 Å². The maximum atomic E-state index is 11.7. The number of aliphatic hydroxyl groups is 3. The summed E-state index contributed by atoms with van der Waals surface area (Å²) in [6.45, 7) is -0.447. The van der Waals surface area contributed by atoms with Crippen molar-refractivity contribution in [1.29, 1.82) is 0 Å². The van der Waals surface area contributed by atoms with Crippen molar-refractivity contribution in [2.75, 3.05) is 23.8 Å². The zero-order valence-corrected chi connectivity index (χ0v) is 19.3. The van der Waals surface area contributed by atoms with E-state index < -0.39 is 42.4 Å². The van der Waals surface area contributed by atoms with E-state index in [1.165, 1.54) is 35.8 Å². The fraction of sp³-hybridized carbons (Fsp3) is 0.263. The molecule has 5 aromatic rings. The zero-order chi connectivity index (χ0) is 27.4. The van der Waals surface area contributed by atoms with Crippen LogP contribution < -0.4 is 28.5 Å². The van der Waals surface area contributed by atoms with Crippen LogP contribution in [0.15, 0.2) is 40.8 Å². The van der Waals surface area contributed by atoms with Crippen LogP contribution in [0.4, 0.5) is 17.6 Å². The molecule has 19 heteroatoms. The van der Waals surface area contributed by atoms with Gasteiger partial charge in [-0.05, 0) is 6.07 Å². The summed E-state index contributed by atoms with van der Waals surface area (Å²) in [4.78, 5) is 52.0. The highest BCUT2D eigenvalue weighted by atomic mass is 16.6. The highest BCUT2D eigenvalue weighted by Gasteiger charge is 2.44. The fourth-order valence-corrected chi connectivity index (χ4v) is 3.41. The van der Waals surface area contributed by atoms with Crippen molar-refractivity contribution in [1.82, 2.24) is 49.4 Å². The van der Waals surface area contributed by atoms with Gasteiger partial charge in [0.2, 0.25) is 5.95 Å². The summed E-state index contributed by atoms with van der Waals surface area (Å²) in [5, 5.41) is 28.7. The Bertz CT molecular complexity index is 1650. The van der Waals surface area contributed by atoms with E-state index in [-0.39, 0.29) is 17.1 Å². The standard InChI is InChI=1S/C10H13N5O5.C5H5N5.C4H5N3O/c11-10-13-7-4(8(19)14-10)12-2-15(7)9-6(18)5(17)3(1-16)20-9;6-4-3-5(9-1-7-3)10-2-8-4;5-3-1-2-6-4(8)7-3/h2-3,5-6,9,16-18H,1H2,(H3,11,13,14,19);1-2H,(H3,6,7,8,9,10);1-2H,(H3,5,6,7,8)/t3-,5-,6-,9-;;/m1../s1. The third kappa shape index (κ3) is 5.39. The van der Waals surface area contributed by atoms with Gasteiger partial charge in [0.1, 0.15) is 36.0 Å². The SMILES string of the molecule is Nc1ccnc(=O)[nH]1.Nc1nc2c(ncn2[C@@H]2O[C@H](CO)[C@@H](O)[C@H]2O)c(=O)[nH]1.Nc1ncnc2nc[nH]c12. The summed E-state index contributed by atoms with van der Waals surface area (Å²) in [6.07, 6.45) is 1.07. The minimum Gasteiger partial charge on any atom is -0.394 e. The molecule has 4 atom stereocenters. The number of imidazole rings is 2. The molecule has 12 N–H and O–H groups in total. The molecule has 0 amide bonds. The lowest BCUT2D eigenvalue weighted by atomic mass is 10.1. The van der Waals surface area contributed by atoms with Crippen molar-refractivity contribution < 1.29 is 20.1 Å². The number of hydrogen-bond donors (Lipinski definition) is 9. The molecule has 1 saturated heterocycles. The first kappa shape index (κ1) is 26.1. The molecule has 0 aliphatic carbocycles. The Morgan fingerprint density at radius 1 is 1.03 bits per heavy atom. The van der Waals surface area contributed by atoms with E-state index in [2.05, 4.69) is 44.9 Å². The van der Waals surface area contributed by atoms with Crippen LogP contribution in [0.3, 0.4) is 0 Å². The van der Waals surface area contributed by atoms with Crippen molar-refractivity contribution in [3.63, 3.8) is 0 Å². The summed E-state index contributed by atoms with van der Waals surface area (Å²) < 4.78 is 6.64. The predicted octanol–water partition coefficient (Wildman–Crippen LogP) is -3.40. The van der Waals surface area contributed by atoms with Gasteiger partial charge in [-0.1, -0.05) is 0 Å².